The minimum atomic E-state index is -0.00267. The van der Waals surface area contributed by atoms with Crippen LogP contribution in [0.15, 0.2) is 51.6 Å². The van der Waals surface area contributed by atoms with Crippen molar-refractivity contribution in [1.82, 2.24) is 10.3 Å². The van der Waals surface area contributed by atoms with Crippen molar-refractivity contribution in [3.05, 3.63) is 62.2 Å². The van der Waals surface area contributed by atoms with Crippen molar-refractivity contribution in [2.45, 2.75) is 13.0 Å². The predicted molar refractivity (Wildman–Crippen MR) is 95.1 cm³/mol. The first-order valence-corrected chi connectivity index (χ1v) is 9.20. The standard InChI is InChI=1S/C16H13BrN2OS2/c17-14-7-6-13(22-14)12-10-21-16(19-12)8-15(20)18-9-11-4-2-1-3-5-11/h1-7,10H,8-9H2,(H,18,20). The molecule has 2 heterocycles. The van der Waals surface area contributed by atoms with Crippen LogP contribution in [0.5, 0.6) is 0 Å². The van der Waals surface area contributed by atoms with E-state index in [0.717, 1.165) is 24.9 Å². The third-order valence-corrected chi connectivity index (χ3v) is 5.52. The fourth-order valence-electron chi connectivity index (χ4n) is 1.95. The number of benzene rings is 1. The van der Waals surface area contributed by atoms with E-state index in [1.807, 2.05) is 47.8 Å². The van der Waals surface area contributed by atoms with Crippen molar-refractivity contribution in [3.63, 3.8) is 0 Å². The maximum atomic E-state index is 12.0. The van der Waals surface area contributed by atoms with Gasteiger partial charge in [-0.1, -0.05) is 30.3 Å². The molecule has 0 aliphatic heterocycles. The molecule has 0 fully saturated rings. The van der Waals surface area contributed by atoms with E-state index in [4.69, 9.17) is 0 Å². The van der Waals surface area contributed by atoms with Gasteiger partial charge in [0.1, 0.15) is 5.01 Å². The lowest BCUT2D eigenvalue weighted by molar-refractivity contribution is -0.120. The van der Waals surface area contributed by atoms with Gasteiger partial charge in [0, 0.05) is 11.9 Å². The SMILES string of the molecule is O=C(Cc1nc(-c2ccc(Br)s2)cs1)NCc1ccccc1. The minimum Gasteiger partial charge on any atom is -0.352 e. The van der Waals surface area contributed by atoms with E-state index in [-0.39, 0.29) is 5.91 Å². The Hall–Kier alpha value is -1.50. The number of rotatable bonds is 5. The van der Waals surface area contributed by atoms with Crippen LogP contribution >= 0.6 is 38.6 Å². The second-order valence-electron chi connectivity index (χ2n) is 4.67. The Morgan fingerprint density at radius 1 is 1.18 bits per heavy atom. The molecule has 2 aromatic heterocycles. The number of thiophene rings is 1. The lowest BCUT2D eigenvalue weighted by Gasteiger charge is -2.03. The van der Waals surface area contributed by atoms with Gasteiger partial charge >= 0.3 is 0 Å². The quantitative estimate of drug-likeness (QED) is 0.694. The topological polar surface area (TPSA) is 42.0 Å². The molecule has 22 heavy (non-hydrogen) atoms. The number of nitrogens with zero attached hydrogens (tertiary/aromatic N) is 1. The van der Waals surface area contributed by atoms with Crippen LogP contribution in [0.1, 0.15) is 10.6 Å². The number of thiazole rings is 1. The third kappa shape index (κ3) is 4.03. The highest BCUT2D eigenvalue weighted by atomic mass is 79.9. The molecule has 0 aliphatic rings. The number of carbonyl (C=O) groups excluding carboxylic acids is 1. The highest BCUT2D eigenvalue weighted by molar-refractivity contribution is 9.11. The molecule has 3 rings (SSSR count). The normalized spacial score (nSPS) is 10.6. The monoisotopic (exact) mass is 392 g/mol. The molecule has 1 aromatic carbocycles. The lowest BCUT2D eigenvalue weighted by atomic mass is 10.2. The molecule has 3 aromatic rings. The molecule has 0 spiro atoms. The number of carbonyl (C=O) groups is 1. The summed E-state index contributed by atoms with van der Waals surface area (Å²) in [6.45, 7) is 0.551. The Kier molecular flexibility index (Phi) is 5.02. The summed E-state index contributed by atoms with van der Waals surface area (Å²) in [7, 11) is 0. The van der Waals surface area contributed by atoms with E-state index in [1.54, 1.807) is 11.3 Å². The lowest BCUT2D eigenvalue weighted by Crippen LogP contribution is -2.24. The Morgan fingerprint density at radius 3 is 2.73 bits per heavy atom. The van der Waals surface area contributed by atoms with E-state index >= 15 is 0 Å². The van der Waals surface area contributed by atoms with Crippen molar-refractivity contribution in [1.29, 1.82) is 0 Å². The average Bonchev–Trinajstić information content (AvgIpc) is 3.15. The largest absolute Gasteiger partial charge is 0.352 e. The number of aromatic nitrogens is 1. The molecule has 0 aliphatic carbocycles. The highest BCUT2D eigenvalue weighted by Gasteiger charge is 2.10. The maximum absolute atomic E-state index is 12.0. The Bertz CT molecular complexity index is 767. The summed E-state index contributed by atoms with van der Waals surface area (Å²) < 4.78 is 1.08. The third-order valence-electron chi connectivity index (χ3n) is 3.02. The van der Waals surface area contributed by atoms with Gasteiger partial charge in [-0.3, -0.25) is 4.79 Å². The van der Waals surface area contributed by atoms with Crippen LogP contribution in [0, 0.1) is 0 Å². The summed E-state index contributed by atoms with van der Waals surface area (Å²) in [5, 5.41) is 5.76. The van der Waals surface area contributed by atoms with Crippen molar-refractivity contribution < 1.29 is 4.79 Å². The van der Waals surface area contributed by atoms with E-state index < -0.39 is 0 Å². The van der Waals surface area contributed by atoms with Gasteiger partial charge in [-0.25, -0.2) is 4.98 Å². The van der Waals surface area contributed by atoms with Gasteiger partial charge in [-0.2, -0.15) is 0 Å². The van der Waals surface area contributed by atoms with Gasteiger partial charge in [-0.05, 0) is 33.6 Å². The number of halogens is 1. The summed E-state index contributed by atoms with van der Waals surface area (Å²) in [4.78, 5) is 17.6. The molecule has 0 saturated heterocycles. The molecule has 1 N–H and O–H groups in total. The summed E-state index contributed by atoms with van der Waals surface area (Å²) in [5.74, 6) is -0.00267. The number of nitrogens with one attached hydrogen (secondary N) is 1. The smallest absolute Gasteiger partial charge is 0.227 e. The summed E-state index contributed by atoms with van der Waals surface area (Å²) in [6.07, 6.45) is 0.323. The predicted octanol–water partition coefficient (Wildman–Crippen LogP) is 4.49. The first-order valence-electron chi connectivity index (χ1n) is 6.71. The van der Waals surface area contributed by atoms with E-state index in [2.05, 4.69) is 26.2 Å². The first kappa shape index (κ1) is 15.4. The number of hydrogen-bond donors (Lipinski definition) is 1. The molecule has 0 saturated carbocycles. The van der Waals surface area contributed by atoms with Crippen LogP contribution < -0.4 is 5.32 Å². The van der Waals surface area contributed by atoms with E-state index in [0.29, 0.717) is 13.0 Å². The molecular weight excluding hydrogens is 380 g/mol. The molecule has 0 radical (unpaired) electrons. The van der Waals surface area contributed by atoms with Crippen molar-refractivity contribution in [2.75, 3.05) is 0 Å². The van der Waals surface area contributed by atoms with Crippen LogP contribution in [0.2, 0.25) is 0 Å². The molecule has 1 amide bonds. The summed E-state index contributed by atoms with van der Waals surface area (Å²) in [5.41, 5.74) is 2.03. The van der Waals surface area contributed by atoms with E-state index in [1.165, 1.54) is 11.3 Å². The van der Waals surface area contributed by atoms with Crippen LogP contribution in [-0.2, 0) is 17.8 Å². The van der Waals surface area contributed by atoms with Gasteiger partial charge < -0.3 is 5.32 Å². The fourth-order valence-corrected chi connectivity index (χ4v) is 4.17. The van der Waals surface area contributed by atoms with Gasteiger partial charge in [0.15, 0.2) is 0 Å². The average molecular weight is 393 g/mol. The molecular formula is C16H13BrN2OS2. The Labute approximate surface area is 145 Å². The van der Waals surface area contributed by atoms with Gasteiger partial charge in [0.2, 0.25) is 5.91 Å². The van der Waals surface area contributed by atoms with Crippen molar-refractivity contribution in [3.8, 4) is 10.6 Å². The molecule has 3 nitrogen and oxygen atoms in total. The van der Waals surface area contributed by atoms with Gasteiger partial charge in [-0.15, -0.1) is 22.7 Å². The molecule has 0 bridgehead atoms. The van der Waals surface area contributed by atoms with Crippen LogP contribution in [-0.4, -0.2) is 10.9 Å². The van der Waals surface area contributed by atoms with Crippen LogP contribution in [0.4, 0.5) is 0 Å². The van der Waals surface area contributed by atoms with Crippen LogP contribution in [0.3, 0.4) is 0 Å². The fraction of sp³-hybridized carbons (Fsp3) is 0.125. The number of amides is 1. The second-order valence-corrected chi connectivity index (χ2v) is 8.08. The van der Waals surface area contributed by atoms with Crippen molar-refractivity contribution in [2.24, 2.45) is 0 Å². The zero-order chi connectivity index (χ0) is 15.4. The zero-order valence-corrected chi connectivity index (χ0v) is 14.8. The highest BCUT2D eigenvalue weighted by Crippen LogP contribution is 2.31. The molecule has 6 heteroatoms. The van der Waals surface area contributed by atoms with Crippen molar-refractivity contribution >= 4 is 44.5 Å². The summed E-state index contributed by atoms with van der Waals surface area (Å²) in [6, 6.07) is 13.9. The maximum Gasteiger partial charge on any atom is 0.227 e. The number of hydrogen-bond acceptors (Lipinski definition) is 4. The molecule has 112 valence electrons. The van der Waals surface area contributed by atoms with E-state index in [9.17, 15) is 4.79 Å². The van der Waals surface area contributed by atoms with Gasteiger partial charge in [0.05, 0.1) is 20.8 Å². The summed E-state index contributed by atoms with van der Waals surface area (Å²) >= 11 is 6.61. The molecule has 0 unspecified atom stereocenters. The minimum absolute atomic E-state index is 0.00267. The zero-order valence-electron chi connectivity index (χ0n) is 11.6. The Balaban J connectivity index is 1.57. The van der Waals surface area contributed by atoms with Crippen LogP contribution in [0.25, 0.3) is 10.6 Å². The molecule has 0 atom stereocenters. The Morgan fingerprint density at radius 2 is 2.00 bits per heavy atom. The van der Waals surface area contributed by atoms with Gasteiger partial charge in [0.25, 0.3) is 0 Å². The first-order chi connectivity index (χ1) is 10.7. The second kappa shape index (κ2) is 7.17.